The number of thiophene rings is 1. The van der Waals surface area contributed by atoms with Crippen molar-refractivity contribution in [2.45, 2.75) is 20.8 Å². The molecule has 0 atom stereocenters. The molecule has 1 aromatic heterocycles. The number of carbonyl (C=O) groups excluding carboxylic acids is 2. The Hall–Kier alpha value is -2.92. The Morgan fingerprint density at radius 2 is 1.71 bits per heavy atom. The fraction of sp³-hybridized carbons (Fsp3) is 0.217. The molecule has 28 heavy (non-hydrogen) atoms. The van der Waals surface area contributed by atoms with Gasteiger partial charge in [-0.1, -0.05) is 23.8 Å². The summed E-state index contributed by atoms with van der Waals surface area (Å²) < 4.78 is 4.78. The second kappa shape index (κ2) is 7.98. The van der Waals surface area contributed by atoms with Crippen LogP contribution in [0.4, 0.5) is 5.69 Å². The van der Waals surface area contributed by atoms with Gasteiger partial charge in [0.15, 0.2) is 0 Å². The van der Waals surface area contributed by atoms with Gasteiger partial charge < -0.3 is 9.64 Å². The van der Waals surface area contributed by atoms with Crippen LogP contribution in [-0.2, 0) is 14.3 Å². The van der Waals surface area contributed by atoms with E-state index in [0.29, 0.717) is 11.1 Å². The van der Waals surface area contributed by atoms with Gasteiger partial charge in [0.2, 0.25) is 0 Å². The SMILES string of the molecule is CC(C)=C1C(=O)OC(=O)/C1=C\c1cc(/C=C/c2ccc(N(C)C)cc2)sc1C. The number of rotatable bonds is 4. The first-order chi connectivity index (χ1) is 13.3. The molecule has 1 fully saturated rings. The highest BCUT2D eigenvalue weighted by Gasteiger charge is 2.34. The summed E-state index contributed by atoms with van der Waals surface area (Å²) in [5.41, 5.74) is 4.68. The number of anilines is 1. The monoisotopic (exact) mass is 393 g/mol. The normalized spacial score (nSPS) is 15.6. The average Bonchev–Trinajstić information content (AvgIpc) is 3.12. The minimum absolute atomic E-state index is 0.334. The third-order valence-corrected chi connectivity index (χ3v) is 5.53. The van der Waals surface area contributed by atoms with E-state index in [2.05, 4.69) is 41.3 Å². The third-order valence-electron chi connectivity index (χ3n) is 4.50. The molecule has 1 aromatic carbocycles. The van der Waals surface area contributed by atoms with Crippen LogP contribution in [0.1, 0.15) is 34.7 Å². The summed E-state index contributed by atoms with van der Waals surface area (Å²) in [5.74, 6) is -1.14. The maximum absolute atomic E-state index is 12.0. The van der Waals surface area contributed by atoms with E-state index in [9.17, 15) is 9.59 Å². The zero-order valence-corrected chi connectivity index (χ0v) is 17.5. The summed E-state index contributed by atoms with van der Waals surface area (Å²) >= 11 is 1.64. The fourth-order valence-corrected chi connectivity index (χ4v) is 3.88. The Kier molecular flexibility index (Phi) is 5.66. The lowest BCUT2D eigenvalue weighted by Gasteiger charge is -2.11. The van der Waals surface area contributed by atoms with Gasteiger partial charge in [0, 0.05) is 29.5 Å². The molecule has 0 unspecified atom stereocenters. The number of esters is 2. The van der Waals surface area contributed by atoms with Crippen LogP contribution in [-0.4, -0.2) is 26.0 Å². The quantitative estimate of drug-likeness (QED) is 0.412. The van der Waals surface area contributed by atoms with Crippen molar-refractivity contribution in [2.75, 3.05) is 19.0 Å². The van der Waals surface area contributed by atoms with Crippen molar-refractivity contribution in [3.05, 3.63) is 67.9 Å². The van der Waals surface area contributed by atoms with Gasteiger partial charge in [0.05, 0.1) is 11.1 Å². The molecule has 4 nitrogen and oxygen atoms in total. The first kappa shape index (κ1) is 19.8. The minimum Gasteiger partial charge on any atom is -0.386 e. The Morgan fingerprint density at radius 3 is 2.32 bits per heavy atom. The first-order valence-corrected chi connectivity index (χ1v) is 9.80. The van der Waals surface area contributed by atoms with E-state index >= 15 is 0 Å². The van der Waals surface area contributed by atoms with E-state index in [4.69, 9.17) is 4.74 Å². The number of allylic oxidation sites excluding steroid dienone is 1. The number of hydrogen-bond donors (Lipinski definition) is 0. The zero-order chi connectivity index (χ0) is 20.4. The van der Waals surface area contributed by atoms with E-state index in [0.717, 1.165) is 32.1 Å². The molecule has 0 amide bonds. The third kappa shape index (κ3) is 4.15. The highest BCUT2D eigenvalue weighted by Crippen LogP contribution is 2.31. The second-order valence-electron chi connectivity index (χ2n) is 7.09. The van der Waals surface area contributed by atoms with Gasteiger partial charge in [-0.3, -0.25) is 0 Å². The summed E-state index contributed by atoms with van der Waals surface area (Å²) in [6, 6.07) is 10.3. The molecule has 1 aliphatic rings. The molecule has 0 bridgehead atoms. The number of carbonyl (C=O) groups is 2. The highest BCUT2D eigenvalue weighted by atomic mass is 32.1. The van der Waals surface area contributed by atoms with Crippen molar-refractivity contribution in [3.8, 4) is 0 Å². The standard InChI is InChI=1S/C23H23NO3S/c1-14(2)21-20(22(25)27-23(21)26)13-17-12-19(28-15(17)3)11-8-16-6-9-18(10-7-16)24(4)5/h6-13H,1-5H3/b11-8+,20-13-. The van der Waals surface area contributed by atoms with Gasteiger partial charge in [-0.2, -0.15) is 0 Å². The predicted molar refractivity (Wildman–Crippen MR) is 116 cm³/mol. The lowest BCUT2D eigenvalue weighted by molar-refractivity contribution is -0.149. The molecule has 0 aliphatic carbocycles. The number of nitrogens with zero attached hydrogens (tertiary/aromatic N) is 1. The largest absolute Gasteiger partial charge is 0.386 e. The van der Waals surface area contributed by atoms with Crippen molar-refractivity contribution in [3.63, 3.8) is 0 Å². The second-order valence-corrected chi connectivity index (χ2v) is 8.38. The van der Waals surface area contributed by atoms with Gasteiger partial charge in [0.1, 0.15) is 0 Å². The maximum Gasteiger partial charge on any atom is 0.346 e. The molecule has 0 N–H and O–H groups in total. The van der Waals surface area contributed by atoms with Crippen molar-refractivity contribution in [1.29, 1.82) is 0 Å². The molecular weight excluding hydrogens is 370 g/mol. The Balaban J connectivity index is 1.86. The summed E-state index contributed by atoms with van der Waals surface area (Å²) in [4.78, 5) is 28.2. The number of hydrogen-bond acceptors (Lipinski definition) is 5. The molecule has 5 heteroatoms. The number of aryl methyl sites for hydroxylation is 1. The summed E-state index contributed by atoms with van der Waals surface area (Å²) in [5, 5.41) is 0. The molecule has 0 radical (unpaired) electrons. The van der Waals surface area contributed by atoms with E-state index in [1.807, 2.05) is 27.1 Å². The van der Waals surface area contributed by atoms with Crippen LogP contribution in [0.3, 0.4) is 0 Å². The average molecular weight is 394 g/mol. The van der Waals surface area contributed by atoms with E-state index in [1.54, 1.807) is 31.3 Å². The lowest BCUT2D eigenvalue weighted by atomic mass is 10.0. The molecule has 0 saturated carbocycles. The molecule has 144 valence electrons. The summed E-state index contributed by atoms with van der Waals surface area (Å²) in [6.07, 6.45) is 5.88. The summed E-state index contributed by atoms with van der Waals surface area (Å²) in [6.45, 7) is 5.61. The van der Waals surface area contributed by atoms with Crippen LogP contribution in [0.25, 0.3) is 18.2 Å². The minimum atomic E-state index is -0.579. The molecular formula is C23H23NO3S. The molecule has 2 heterocycles. The molecule has 3 rings (SSSR count). The number of ether oxygens (including phenoxy) is 1. The maximum atomic E-state index is 12.0. The molecule has 2 aromatic rings. The van der Waals surface area contributed by atoms with Crippen molar-refractivity contribution >= 4 is 47.2 Å². The fourth-order valence-electron chi connectivity index (χ4n) is 2.97. The summed E-state index contributed by atoms with van der Waals surface area (Å²) in [7, 11) is 4.04. The zero-order valence-electron chi connectivity index (χ0n) is 16.7. The Morgan fingerprint density at radius 1 is 1.04 bits per heavy atom. The van der Waals surface area contributed by atoms with Crippen molar-refractivity contribution in [1.82, 2.24) is 0 Å². The van der Waals surface area contributed by atoms with Gasteiger partial charge in [-0.05, 0) is 62.2 Å². The lowest BCUT2D eigenvalue weighted by Crippen LogP contribution is -2.07. The van der Waals surface area contributed by atoms with Crippen LogP contribution in [0, 0.1) is 6.92 Å². The van der Waals surface area contributed by atoms with Crippen LogP contribution in [0.5, 0.6) is 0 Å². The number of benzene rings is 1. The van der Waals surface area contributed by atoms with E-state index in [-0.39, 0.29) is 0 Å². The van der Waals surface area contributed by atoms with E-state index < -0.39 is 11.9 Å². The molecule has 0 spiro atoms. The molecule has 1 aliphatic heterocycles. The van der Waals surface area contributed by atoms with Crippen molar-refractivity contribution < 1.29 is 14.3 Å². The van der Waals surface area contributed by atoms with E-state index in [1.165, 1.54) is 0 Å². The first-order valence-electron chi connectivity index (χ1n) is 8.98. The smallest absolute Gasteiger partial charge is 0.346 e. The van der Waals surface area contributed by atoms with Gasteiger partial charge in [0.25, 0.3) is 0 Å². The van der Waals surface area contributed by atoms with Gasteiger partial charge in [-0.15, -0.1) is 11.3 Å². The topological polar surface area (TPSA) is 46.6 Å². The van der Waals surface area contributed by atoms with Crippen LogP contribution >= 0.6 is 11.3 Å². The van der Waals surface area contributed by atoms with Crippen LogP contribution < -0.4 is 4.90 Å². The van der Waals surface area contributed by atoms with Gasteiger partial charge >= 0.3 is 11.9 Å². The molecule has 1 saturated heterocycles. The number of cyclic esters (lactones) is 2. The Labute approximate surface area is 169 Å². The van der Waals surface area contributed by atoms with Gasteiger partial charge in [-0.25, -0.2) is 9.59 Å². The van der Waals surface area contributed by atoms with Crippen molar-refractivity contribution in [2.24, 2.45) is 0 Å². The predicted octanol–water partition coefficient (Wildman–Crippen LogP) is 5.10. The van der Waals surface area contributed by atoms with Crippen LogP contribution in [0.15, 0.2) is 47.1 Å². The highest BCUT2D eigenvalue weighted by molar-refractivity contribution is 7.13. The Bertz CT molecular complexity index is 1020. The van der Waals surface area contributed by atoms with Crippen LogP contribution in [0.2, 0.25) is 0 Å².